The molecular weight excluding hydrogens is 330 g/mol. The van der Waals surface area contributed by atoms with Gasteiger partial charge >= 0.3 is 16.3 Å². The van der Waals surface area contributed by atoms with Crippen molar-refractivity contribution in [3.05, 3.63) is 11.6 Å². The molecule has 138 valence electrons. The van der Waals surface area contributed by atoms with Crippen molar-refractivity contribution in [2.45, 2.75) is 71.4 Å². The highest BCUT2D eigenvalue weighted by Gasteiger charge is 2.45. The predicted molar refractivity (Wildman–Crippen MR) is 91.5 cm³/mol. The third-order valence-corrected chi connectivity index (χ3v) is 5.98. The molecule has 0 bridgehead atoms. The number of rotatable bonds is 5. The number of esters is 1. The van der Waals surface area contributed by atoms with Gasteiger partial charge in [-0.15, -0.1) is 0 Å². The zero-order valence-corrected chi connectivity index (χ0v) is 15.9. The van der Waals surface area contributed by atoms with Crippen molar-refractivity contribution in [1.82, 2.24) is 4.31 Å². The number of ether oxygens (including phenoxy) is 1. The summed E-state index contributed by atoms with van der Waals surface area (Å²) >= 11 is 0. The molecule has 0 aromatic carbocycles. The first-order valence-corrected chi connectivity index (χ1v) is 10.1. The van der Waals surface area contributed by atoms with Crippen LogP contribution >= 0.6 is 0 Å². The van der Waals surface area contributed by atoms with E-state index in [0.29, 0.717) is 0 Å². The Morgan fingerprint density at radius 1 is 1.25 bits per heavy atom. The van der Waals surface area contributed by atoms with Gasteiger partial charge in [-0.2, -0.15) is 12.7 Å². The van der Waals surface area contributed by atoms with E-state index >= 15 is 0 Å². The van der Waals surface area contributed by atoms with E-state index in [1.807, 2.05) is 6.08 Å². The number of carbonyl (C=O) groups is 1. The fourth-order valence-electron chi connectivity index (χ4n) is 3.46. The lowest BCUT2D eigenvalue weighted by molar-refractivity contribution is -0.146. The summed E-state index contributed by atoms with van der Waals surface area (Å²) in [4.78, 5) is 12.5. The molecule has 2 rings (SSSR count). The molecule has 0 aromatic rings. The summed E-state index contributed by atoms with van der Waals surface area (Å²) in [5.74, 6) is -0.254. The number of hydrogen-bond donors (Lipinski definition) is 0. The zero-order valence-electron chi connectivity index (χ0n) is 15.1. The van der Waals surface area contributed by atoms with Gasteiger partial charge in [-0.25, -0.2) is 4.79 Å². The van der Waals surface area contributed by atoms with Crippen molar-refractivity contribution in [3.63, 3.8) is 0 Å². The van der Waals surface area contributed by atoms with Gasteiger partial charge in [0.05, 0.1) is 12.2 Å². The molecule has 1 aliphatic carbocycles. The molecule has 0 saturated heterocycles. The van der Waals surface area contributed by atoms with Crippen molar-refractivity contribution in [2.75, 3.05) is 13.2 Å². The molecule has 1 saturated carbocycles. The van der Waals surface area contributed by atoms with E-state index in [-0.39, 0.29) is 19.1 Å². The van der Waals surface area contributed by atoms with Crippen molar-refractivity contribution < 1.29 is 22.1 Å². The van der Waals surface area contributed by atoms with Crippen LogP contribution in [0.3, 0.4) is 0 Å². The van der Waals surface area contributed by atoms with E-state index in [1.165, 1.54) is 6.42 Å². The minimum atomic E-state index is -4.02. The highest BCUT2D eigenvalue weighted by molar-refractivity contribution is 7.84. The van der Waals surface area contributed by atoms with Crippen molar-refractivity contribution >= 4 is 16.3 Å². The highest BCUT2D eigenvalue weighted by atomic mass is 32.2. The molecular formula is C17H29NO5S. The Morgan fingerprint density at radius 2 is 1.88 bits per heavy atom. The van der Waals surface area contributed by atoms with E-state index in [1.54, 1.807) is 27.7 Å². The van der Waals surface area contributed by atoms with Crippen LogP contribution in [0.15, 0.2) is 11.6 Å². The average Bonchev–Trinajstić information content (AvgIpc) is 2.91. The topological polar surface area (TPSA) is 72.9 Å². The summed E-state index contributed by atoms with van der Waals surface area (Å²) in [6.07, 6.45) is 7.29. The summed E-state index contributed by atoms with van der Waals surface area (Å²) < 4.78 is 36.9. The van der Waals surface area contributed by atoms with Gasteiger partial charge in [0.1, 0.15) is 6.04 Å². The Bertz CT molecular complexity index is 585. The third-order valence-electron chi connectivity index (χ3n) is 4.34. The van der Waals surface area contributed by atoms with Crippen LogP contribution in [0.1, 0.15) is 59.8 Å². The Kier molecular flexibility index (Phi) is 6.09. The maximum atomic E-state index is 12.7. The van der Waals surface area contributed by atoms with Gasteiger partial charge in [-0.3, -0.25) is 4.18 Å². The number of carbonyl (C=O) groups excluding carboxylic acids is 1. The molecule has 0 spiro atoms. The molecule has 1 fully saturated rings. The second-order valence-corrected chi connectivity index (χ2v) is 8.91. The molecule has 0 amide bonds. The maximum Gasteiger partial charge on any atom is 0.340 e. The molecule has 0 aromatic heterocycles. The fraction of sp³-hybridized carbons (Fsp3) is 0.824. The van der Waals surface area contributed by atoms with Crippen LogP contribution < -0.4 is 0 Å². The van der Waals surface area contributed by atoms with E-state index in [4.69, 9.17) is 8.92 Å². The van der Waals surface area contributed by atoms with Crippen LogP contribution in [0, 0.1) is 5.92 Å². The predicted octanol–water partition coefficient (Wildman–Crippen LogP) is 2.80. The van der Waals surface area contributed by atoms with Gasteiger partial charge in [0.15, 0.2) is 0 Å². The van der Waals surface area contributed by atoms with E-state index in [0.717, 1.165) is 35.6 Å². The normalized spacial score (nSPS) is 24.0. The summed E-state index contributed by atoms with van der Waals surface area (Å²) in [7, 11) is -4.02. The first-order valence-electron chi connectivity index (χ1n) is 8.74. The minimum absolute atomic E-state index is 0.160. The molecule has 6 nitrogen and oxygen atoms in total. The Balaban J connectivity index is 2.27. The van der Waals surface area contributed by atoms with Gasteiger partial charge in [-0.05, 0) is 52.0 Å². The second-order valence-electron chi connectivity index (χ2n) is 7.42. The second kappa shape index (κ2) is 7.54. The molecule has 24 heavy (non-hydrogen) atoms. The van der Waals surface area contributed by atoms with Crippen molar-refractivity contribution in [3.8, 4) is 0 Å². The molecule has 0 radical (unpaired) electrons. The molecule has 7 heteroatoms. The lowest BCUT2D eigenvalue weighted by atomic mass is 9.81. The highest BCUT2D eigenvalue weighted by Crippen LogP contribution is 2.37. The maximum absolute atomic E-state index is 12.7. The molecule has 1 aliphatic heterocycles. The molecule has 1 atom stereocenters. The average molecular weight is 359 g/mol. The van der Waals surface area contributed by atoms with Crippen LogP contribution in [0.5, 0.6) is 0 Å². The zero-order chi connectivity index (χ0) is 18.0. The van der Waals surface area contributed by atoms with Crippen LogP contribution in [0.4, 0.5) is 0 Å². The quantitative estimate of drug-likeness (QED) is 0.557. The first-order chi connectivity index (χ1) is 11.2. The van der Waals surface area contributed by atoms with Crippen molar-refractivity contribution in [1.29, 1.82) is 0 Å². The van der Waals surface area contributed by atoms with Gasteiger partial charge < -0.3 is 4.74 Å². The standard InChI is InChI=1S/C17H29NO5S/c1-5-22-16(19)15-14(13-9-7-6-8-10-13)11-12-18(15)24(20,21)23-17(2,3)4/h11,13,15H,5-10,12H2,1-4H3/t15-/m0/s1. The molecule has 0 N–H and O–H groups in total. The Morgan fingerprint density at radius 3 is 2.42 bits per heavy atom. The summed E-state index contributed by atoms with van der Waals surface area (Å²) in [5, 5.41) is 0. The van der Waals surface area contributed by atoms with Gasteiger partial charge in [-0.1, -0.05) is 25.3 Å². The molecule has 1 heterocycles. The van der Waals surface area contributed by atoms with E-state index in [9.17, 15) is 13.2 Å². The van der Waals surface area contributed by atoms with Crippen LogP contribution in [0.25, 0.3) is 0 Å². The Labute approximate surface area is 145 Å². The minimum Gasteiger partial charge on any atom is -0.465 e. The lowest BCUT2D eigenvalue weighted by Gasteiger charge is -2.31. The van der Waals surface area contributed by atoms with Crippen LogP contribution in [-0.2, 0) is 24.0 Å². The number of hydrogen-bond acceptors (Lipinski definition) is 5. The number of nitrogens with zero attached hydrogens (tertiary/aromatic N) is 1. The summed E-state index contributed by atoms with van der Waals surface area (Å²) in [6.45, 7) is 7.14. The third kappa shape index (κ3) is 4.58. The van der Waals surface area contributed by atoms with E-state index in [2.05, 4.69) is 0 Å². The van der Waals surface area contributed by atoms with Crippen LogP contribution in [0.2, 0.25) is 0 Å². The fourth-order valence-corrected chi connectivity index (χ4v) is 4.91. The van der Waals surface area contributed by atoms with Gasteiger partial charge in [0.2, 0.25) is 0 Å². The SMILES string of the molecule is CCOC(=O)[C@@H]1C(C2CCCCC2)=CCN1S(=O)(=O)OC(C)(C)C. The van der Waals surface area contributed by atoms with Crippen molar-refractivity contribution in [2.24, 2.45) is 5.92 Å². The first kappa shape index (κ1) is 19.4. The summed E-state index contributed by atoms with van der Waals surface area (Å²) in [6, 6.07) is -0.889. The Hall–Kier alpha value is -0.920. The largest absolute Gasteiger partial charge is 0.465 e. The van der Waals surface area contributed by atoms with Gasteiger partial charge in [0, 0.05) is 6.54 Å². The molecule has 0 unspecified atom stereocenters. The lowest BCUT2D eigenvalue weighted by Crippen LogP contribution is -2.47. The summed E-state index contributed by atoms with van der Waals surface area (Å²) in [5.41, 5.74) is 0.0280. The smallest absolute Gasteiger partial charge is 0.340 e. The monoisotopic (exact) mass is 359 g/mol. The molecule has 2 aliphatic rings. The van der Waals surface area contributed by atoms with Gasteiger partial charge in [0.25, 0.3) is 0 Å². The van der Waals surface area contributed by atoms with Crippen LogP contribution in [-0.4, -0.2) is 43.5 Å². The van der Waals surface area contributed by atoms with E-state index < -0.39 is 27.9 Å².